The molecule has 4 aromatic heterocycles. The van der Waals surface area contributed by atoms with E-state index in [0.29, 0.717) is 0 Å². The monoisotopic (exact) mass is 733 g/mol. The summed E-state index contributed by atoms with van der Waals surface area (Å²) in [5, 5.41) is 13.9. The van der Waals surface area contributed by atoms with E-state index >= 15 is 0 Å². The van der Waals surface area contributed by atoms with Crippen molar-refractivity contribution in [3.05, 3.63) is 164 Å². The molecule has 5 heteroatoms. The van der Waals surface area contributed by atoms with Gasteiger partial charge in [-0.2, -0.15) is 0 Å². The predicted molar refractivity (Wildman–Crippen MR) is 237 cm³/mol. The molecule has 9 aromatic carbocycles. The van der Waals surface area contributed by atoms with Crippen molar-refractivity contribution >= 4 is 117 Å². The Hall–Kier alpha value is -6.66. The van der Waals surface area contributed by atoms with Gasteiger partial charge < -0.3 is 4.57 Å². The van der Waals surface area contributed by atoms with Crippen molar-refractivity contribution in [2.24, 2.45) is 0 Å². The Morgan fingerprint density at radius 2 is 1.04 bits per heavy atom. The Labute approximate surface area is 322 Å². The minimum atomic E-state index is 0.741. The fourth-order valence-corrected chi connectivity index (χ4v) is 11.4. The maximum Gasteiger partial charge on any atom is 0.160 e. The quantitative estimate of drug-likeness (QED) is 0.181. The summed E-state index contributed by atoms with van der Waals surface area (Å²) in [6.07, 6.45) is 0. The zero-order valence-electron chi connectivity index (χ0n) is 29.2. The highest BCUT2D eigenvalue weighted by Crippen LogP contribution is 2.47. The Morgan fingerprint density at radius 1 is 0.418 bits per heavy atom. The van der Waals surface area contributed by atoms with Crippen LogP contribution < -0.4 is 0 Å². The minimum Gasteiger partial charge on any atom is -0.309 e. The van der Waals surface area contributed by atoms with Crippen molar-refractivity contribution in [1.82, 2.24) is 14.5 Å². The van der Waals surface area contributed by atoms with Crippen molar-refractivity contribution in [1.29, 1.82) is 0 Å². The second-order valence-electron chi connectivity index (χ2n) is 14.5. The summed E-state index contributed by atoms with van der Waals surface area (Å²) in [6, 6.07) is 59.9. The third-order valence-electron chi connectivity index (χ3n) is 11.5. The number of hydrogen-bond acceptors (Lipinski definition) is 4. The molecule has 0 unspecified atom stereocenters. The molecule has 0 aliphatic carbocycles. The van der Waals surface area contributed by atoms with Gasteiger partial charge in [-0.1, -0.05) is 115 Å². The molecule has 0 aliphatic rings. The van der Waals surface area contributed by atoms with Gasteiger partial charge >= 0.3 is 0 Å². The lowest BCUT2D eigenvalue weighted by molar-refractivity contribution is 1.19. The van der Waals surface area contributed by atoms with Gasteiger partial charge in [0.1, 0.15) is 0 Å². The zero-order chi connectivity index (χ0) is 35.8. The topological polar surface area (TPSA) is 30.7 Å². The van der Waals surface area contributed by atoms with Gasteiger partial charge in [0.15, 0.2) is 5.82 Å². The minimum absolute atomic E-state index is 0.741. The van der Waals surface area contributed by atoms with Crippen molar-refractivity contribution in [3.8, 4) is 28.3 Å². The van der Waals surface area contributed by atoms with Crippen LogP contribution in [-0.4, -0.2) is 14.5 Å². The summed E-state index contributed by atoms with van der Waals surface area (Å²) in [7, 11) is 0. The fraction of sp³-hybridized carbons (Fsp3) is 0. The molecule has 4 heterocycles. The van der Waals surface area contributed by atoms with E-state index in [2.05, 4.69) is 168 Å². The molecule has 55 heavy (non-hydrogen) atoms. The molecule has 0 bridgehead atoms. The second-order valence-corrected chi connectivity index (χ2v) is 16.6. The van der Waals surface area contributed by atoms with E-state index in [1.165, 1.54) is 79.0 Å². The Morgan fingerprint density at radius 3 is 1.84 bits per heavy atom. The average Bonchev–Trinajstić information content (AvgIpc) is 3.74. The smallest absolute Gasteiger partial charge is 0.160 e. The van der Waals surface area contributed by atoms with Crippen LogP contribution in [0.3, 0.4) is 0 Å². The third kappa shape index (κ3) is 4.14. The lowest BCUT2D eigenvalue weighted by Gasteiger charge is -2.12. The van der Waals surface area contributed by atoms with Crippen molar-refractivity contribution < 1.29 is 0 Å². The molecule has 0 atom stereocenters. The Kier molecular flexibility index (Phi) is 5.93. The number of hydrogen-bond donors (Lipinski definition) is 0. The lowest BCUT2D eigenvalue weighted by Crippen LogP contribution is -1.95. The number of fused-ring (bicyclic) bond motifs is 5. The molecule has 0 N–H and O–H groups in total. The van der Waals surface area contributed by atoms with Gasteiger partial charge in [0.05, 0.1) is 26.9 Å². The predicted octanol–water partition coefficient (Wildman–Crippen LogP) is 14.5. The van der Waals surface area contributed by atoms with Crippen LogP contribution in [0, 0.1) is 0 Å². The van der Waals surface area contributed by atoms with Crippen LogP contribution in [0.4, 0.5) is 0 Å². The van der Waals surface area contributed by atoms with Crippen LogP contribution in [0.5, 0.6) is 0 Å². The first-order valence-corrected chi connectivity index (χ1v) is 20.2. The van der Waals surface area contributed by atoms with Gasteiger partial charge in [0.2, 0.25) is 0 Å². The summed E-state index contributed by atoms with van der Waals surface area (Å²) >= 11 is 3.67. The number of aromatic nitrogens is 3. The molecule has 0 spiro atoms. The molecule has 0 radical (unpaired) electrons. The first kappa shape index (κ1) is 29.8. The summed E-state index contributed by atoms with van der Waals surface area (Å²) in [5.41, 5.74) is 7.76. The summed E-state index contributed by atoms with van der Waals surface area (Å²) < 4.78 is 7.44. The average molecular weight is 734 g/mol. The number of rotatable bonds is 3. The number of benzene rings is 9. The fourth-order valence-electron chi connectivity index (χ4n) is 9.09. The van der Waals surface area contributed by atoms with E-state index in [-0.39, 0.29) is 0 Å². The molecule has 0 saturated carbocycles. The van der Waals surface area contributed by atoms with Crippen molar-refractivity contribution in [2.45, 2.75) is 0 Å². The first-order valence-electron chi connectivity index (χ1n) is 18.6. The van der Waals surface area contributed by atoms with Gasteiger partial charge in [0, 0.05) is 57.8 Å². The second kappa shape index (κ2) is 11.0. The van der Waals surface area contributed by atoms with E-state index in [0.717, 1.165) is 43.9 Å². The first-order chi connectivity index (χ1) is 27.2. The number of nitrogens with zero attached hydrogens (tertiary/aromatic N) is 3. The van der Waals surface area contributed by atoms with Crippen molar-refractivity contribution in [3.63, 3.8) is 0 Å². The maximum atomic E-state index is 5.37. The van der Waals surface area contributed by atoms with Crippen LogP contribution in [0.2, 0.25) is 0 Å². The van der Waals surface area contributed by atoms with Crippen LogP contribution in [0.25, 0.3) is 123 Å². The van der Waals surface area contributed by atoms with Crippen LogP contribution in [0.15, 0.2) is 164 Å². The molecule has 3 nitrogen and oxygen atoms in total. The molecule has 254 valence electrons. The van der Waals surface area contributed by atoms with Crippen LogP contribution in [-0.2, 0) is 0 Å². The molecule has 0 aliphatic heterocycles. The van der Waals surface area contributed by atoms with E-state index in [4.69, 9.17) is 9.97 Å². The molecule has 13 aromatic rings. The largest absolute Gasteiger partial charge is 0.309 e. The summed E-state index contributed by atoms with van der Waals surface area (Å²) in [5.74, 6) is 0.741. The van der Waals surface area contributed by atoms with Crippen molar-refractivity contribution in [2.75, 3.05) is 0 Å². The van der Waals surface area contributed by atoms with E-state index in [1.54, 1.807) is 11.3 Å². The SMILES string of the molecule is c1ccc2c(-c3nc(-c4ccc5cc(-n6c7ccc8cccc9sc%10cccc%11ccc6c(c%11%10)c7c89)ccc5c4)nc4c3sc3ccccc34)cccc2c1. The van der Waals surface area contributed by atoms with E-state index in [1.807, 2.05) is 11.3 Å². The van der Waals surface area contributed by atoms with Crippen LogP contribution in [0.1, 0.15) is 0 Å². The lowest BCUT2D eigenvalue weighted by atomic mass is 10.00. The molecular weight excluding hydrogens is 707 g/mol. The van der Waals surface area contributed by atoms with Gasteiger partial charge in [-0.05, 0) is 80.8 Å². The Bertz CT molecular complexity index is 3630. The van der Waals surface area contributed by atoms with E-state index in [9.17, 15) is 0 Å². The highest BCUT2D eigenvalue weighted by Gasteiger charge is 2.22. The summed E-state index contributed by atoms with van der Waals surface area (Å²) in [6.45, 7) is 0. The molecular formula is C50H27N3S2. The Balaban J connectivity index is 1.02. The van der Waals surface area contributed by atoms with Gasteiger partial charge in [-0.15, -0.1) is 22.7 Å². The summed E-state index contributed by atoms with van der Waals surface area (Å²) in [4.78, 5) is 10.7. The maximum absolute atomic E-state index is 5.37. The standard InChI is InChI=1S/C50H27N3S2/c1-2-12-35-28(8-1)9-5-14-36(35)47-49-48(37-13-3-4-15-40(37)55-49)52-50(51-47)33-19-18-32-27-34(23-20-31(32)26-33)53-38-24-21-29-10-6-16-41-43(29)45(38)46-39(53)25-22-30-11-7-17-42(54-41)44(30)46/h1-27H. The number of thiophene rings is 1. The normalized spacial score (nSPS) is 12.4. The van der Waals surface area contributed by atoms with Gasteiger partial charge in [-0.25, -0.2) is 9.97 Å². The van der Waals surface area contributed by atoms with Gasteiger partial charge in [0.25, 0.3) is 0 Å². The zero-order valence-corrected chi connectivity index (χ0v) is 30.9. The molecule has 0 saturated heterocycles. The highest BCUT2D eigenvalue weighted by molar-refractivity contribution is 7.26. The molecule has 0 fully saturated rings. The molecule has 0 amide bonds. The van der Waals surface area contributed by atoms with Crippen LogP contribution >= 0.6 is 22.7 Å². The third-order valence-corrected chi connectivity index (χ3v) is 13.8. The van der Waals surface area contributed by atoms with E-state index < -0.39 is 0 Å². The van der Waals surface area contributed by atoms with Gasteiger partial charge in [-0.3, -0.25) is 0 Å². The molecule has 13 rings (SSSR count). The highest BCUT2D eigenvalue weighted by atomic mass is 32.1.